The molecule has 0 radical (unpaired) electrons. The van der Waals surface area contributed by atoms with Gasteiger partial charge in [0, 0.05) is 55.5 Å². The van der Waals surface area contributed by atoms with Gasteiger partial charge >= 0.3 is 6.09 Å². The summed E-state index contributed by atoms with van der Waals surface area (Å²) in [5.74, 6) is 0.138. The topological polar surface area (TPSA) is 116 Å². The lowest BCUT2D eigenvalue weighted by Gasteiger charge is -2.43. The van der Waals surface area contributed by atoms with Crippen LogP contribution in [0.3, 0.4) is 0 Å². The van der Waals surface area contributed by atoms with Crippen molar-refractivity contribution in [2.45, 2.75) is 95.3 Å². The van der Waals surface area contributed by atoms with Crippen molar-refractivity contribution in [2.75, 3.05) is 44.7 Å². The minimum Gasteiger partial charge on any atom is -0.409 e. The number of hydrogen-bond donors (Lipinski definition) is 1. The number of benzene rings is 2. The van der Waals surface area contributed by atoms with Gasteiger partial charge in [0.05, 0.1) is 17.6 Å². The summed E-state index contributed by atoms with van der Waals surface area (Å²) in [6, 6.07) is 20.2. The van der Waals surface area contributed by atoms with Crippen LogP contribution < -0.4 is 10.1 Å². The van der Waals surface area contributed by atoms with Gasteiger partial charge in [-0.25, -0.2) is 13.2 Å². The number of carbonyl (C=O) groups is 3. The second-order valence-corrected chi connectivity index (χ2v) is 19.5. The molecule has 10 nitrogen and oxygen atoms in total. The molecule has 6 rings (SSSR count). The first-order valence-electron chi connectivity index (χ1n) is 19.7. The molecule has 3 aliphatic rings. The number of ketones is 1. The Morgan fingerprint density at radius 2 is 1.71 bits per heavy atom. The van der Waals surface area contributed by atoms with Gasteiger partial charge in [-0.15, -0.1) is 11.3 Å². The van der Waals surface area contributed by atoms with Crippen LogP contribution in [0.1, 0.15) is 74.6 Å². The van der Waals surface area contributed by atoms with Crippen LogP contribution in [0.25, 0.3) is 0 Å². The number of sulfone groups is 1. The molecular formula is C42H55ClN4O6S2. The van der Waals surface area contributed by atoms with Crippen LogP contribution in [0, 0.1) is 5.41 Å². The van der Waals surface area contributed by atoms with Gasteiger partial charge in [-0.1, -0.05) is 73.0 Å². The Hall–Kier alpha value is -3.29. The van der Waals surface area contributed by atoms with Crippen LogP contribution in [0.15, 0.2) is 72.1 Å². The second-order valence-electron chi connectivity index (χ2n) is 15.8. The summed E-state index contributed by atoms with van der Waals surface area (Å²) in [5, 5.41) is 6.04. The van der Waals surface area contributed by atoms with Crippen LogP contribution in [-0.2, 0) is 32.4 Å². The zero-order valence-corrected chi connectivity index (χ0v) is 34.3. The van der Waals surface area contributed by atoms with E-state index in [0.717, 1.165) is 50.2 Å². The summed E-state index contributed by atoms with van der Waals surface area (Å²) in [4.78, 5) is 48.9. The molecule has 2 aliphatic heterocycles. The molecule has 2 aromatic carbocycles. The Morgan fingerprint density at radius 1 is 0.945 bits per heavy atom. The van der Waals surface area contributed by atoms with Crippen molar-refractivity contribution in [3.8, 4) is 5.75 Å². The fraction of sp³-hybridized carbons (Fsp3) is 0.548. The highest BCUT2D eigenvalue weighted by Crippen LogP contribution is 2.44. The maximum absolute atomic E-state index is 14.7. The number of nitrogens with zero attached hydrogens (tertiary/aromatic N) is 3. The van der Waals surface area contributed by atoms with Crippen molar-refractivity contribution >= 4 is 50.6 Å². The second kappa shape index (κ2) is 19.2. The molecule has 1 spiro atoms. The number of amides is 2. The summed E-state index contributed by atoms with van der Waals surface area (Å²) in [5.41, 5.74) is 1.64. The molecule has 0 unspecified atom stereocenters. The lowest BCUT2D eigenvalue weighted by atomic mass is 9.72. The molecule has 13 heteroatoms. The van der Waals surface area contributed by atoms with E-state index in [9.17, 15) is 22.8 Å². The lowest BCUT2D eigenvalue weighted by molar-refractivity contribution is -0.144. The Bertz CT molecular complexity index is 1830. The number of halogens is 1. The summed E-state index contributed by atoms with van der Waals surface area (Å²) in [7, 11) is -3.07. The highest BCUT2D eigenvalue weighted by molar-refractivity contribution is 7.90. The summed E-state index contributed by atoms with van der Waals surface area (Å²) < 4.78 is 29.2. The average molecular weight is 812 g/mol. The van der Waals surface area contributed by atoms with E-state index in [1.807, 2.05) is 17.5 Å². The summed E-state index contributed by atoms with van der Waals surface area (Å²) >= 11 is 7.86. The summed E-state index contributed by atoms with van der Waals surface area (Å²) in [6.45, 7) is 3.61. The molecule has 1 aromatic heterocycles. The number of likely N-dealkylation sites (tertiary alicyclic amines) is 1. The van der Waals surface area contributed by atoms with Crippen molar-refractivity contribution < 1.29 is 27.5 Å². The van der Waals surface area contributed by atoms with Gasteiger partial charge in [-0.2, -0.15) is 0 Å². The number of thiophene rings is 1. The predicted octanol–water partition coefficient (Wildman–Crippen LogP) is 7.01. The number of rotatable bonds is 16. The molecular weight excluding hydrogens is 756 g/mol. The van der Waals surface area contributed by atoms with Gasteiger partial charge in [0.15, 0.2) is 11.5 Å². The first kappa shape index (κ1) is 41.3. The number of ether oxygens (including phenoxy) is 1. The van der Waals surface area contributed by atoms with Gasteiger partial charge < -0.3 is 19.9 Å². The first-order chi connectivity index (χ1) is 26.5. The maximum Gasteiger partial charge on any atom is 0.415 e. The number of hydrogen-bond acceptors (Lipinski definition) is 9. The normalized spacial score (nSPS) is 22.5. The minimum absolute atomic E-state index is 0.0325. The average Bonchev–Trinajstić information content (AvgIpc) is 3.84. The quantitative estimate of drug-likeness (QED) is 0.154. The monoisotopic (exact) mass is 810 g/mol. The number of nitrogens with one attached hydrogen (secondary N) is 1. The molecule has 3 aromatic rings. The number of piperazine rings is 1. The van der Waals surface area contributed by atoms with Crippen molar-refractivity contribution in [3.05, 3.63) is 87.6 Å². The van der Waals surface area contributed by atoms with E-state index in [1.54, 1.807) is 40.5 Å². The molecule has 3 heterocycles. The number of carbonyl (C=O) groups excluding carboxylic acids is 3. The third-order valence-electron chi connectivity index (χ3n) is 11.6. The Labute approximate surface area is 335 Å². The van der Waals surface area contributed by atoms with Crippen LogP contribution in [-0.4, -0.2) is 104 Å². The van der Waals surface area contributed by atoms with Crippen molar-refractivity contribution in [3.63, 3.8) is 0 Å². The fourth-order valence-electron chi connectivity index (χ4n) is 8.50. The van der Waals surface area contributed by atoms with Gasteiger partial charge in [0.25, 0.3) is 0 Å². The van der Waals surface area contributed by atoms with Crippen LogP contribution >= 0.6 is 22.9 Å². The van der Waals surface area contributed by atoms with Crippen molar-refractivity contribution in [1.82, 2.24) is 20.0 Å². The van der Waals surface area contributed by atoms with Crippen LogP contribution in [0.5, 0.6) is 5.75 Å². The molecule has 1 aliphatic carbocycles. The highest BCUT2D eigenvalue weighted by atomic mass is 35.5. The Balaban J connectivity index is 1.13. The van der Waals surface area contributed by atoms with E-state index >= 15 is 0 Å². The Morgan fingerprint density at radius 3 is 2.44 bits per heavy atom. The summed E-state index contributed by atoms with van der Waals surface area (Å²) in [6.07, 6.45) is 9.25. The van der Waals surface area contributed by atoms with Crippen LogP contribution in [0.4, 0.5) is 4.79 Å². The molecule has 2 amide bonds. The SMILES string of the molecule is CS(=O)(=O)CCCCC[C@@H](NC1CCC2(CC1)CCN(Cc1ccccc1)C2)C(=O)N1CCN(C(=O)Oc2ccccc2Cl)C[C@H]1C(=O)CCc1cccs1. The number of aryl methyl sites for hydroxylation is 1. The molecule has 0 bridgehead atoms. The van der Waals surface area contributed by atoms with Crippen molar-refractivity contribution in [1.29, 1.82) is 0 Å². The van der Waals surface area contributed by atoms with Gasteiger partial charge in [0.1, 0.15) is 15.9 Å². The van der Waals surface area contributed by atoms with Crippen LogP contribution in [0.2, 0.25) is 5.02 Å². The molecule has 55 heavy (non-hydrogen) atoms. The predicted molar refractivity (Wildman–Crippen MR) is 218 cm³/mol. The smallest absolute Gasteiger partial charge is 0.409 e. The van der Waals surface area contributed by atoms with E-state index in [4.69, 9.17) is 16.3 Å². The lowest BCUT2D eigenvalue weighted by Crippen LogP contribution is -2.63. The maximum atomic E-state index is 14.7. The van der Waals surface area contributed by atoms with E-state index < -0.39 is 28.0 Å². The number of para-hydroxylation sites is 1. The third-order valence-corrected chi connectivity index (χ3v) is 13.9. The van der Waals surface area contributed by atoms with E-state index in [2.05, 4.69) is 40.5 Å². The standard InChI is InChI=1S/C42H55ClN4O6S2/c1-55(51,52)28-9-3-6-15-36(44-33-19-21-42(22-20-33)23-24-45(31-42)29-32-11-4-2-5-12-32)40(49)47-26-25-46(41(50)53-39-16-8-7-14-35(39)43)30-37(47)38(48)18-17-34-13-10-27-54-34/h2,4-5,7-8,10-14,16,27,33,36-37,44H,3,6,9,15,17-26,28-31H2,1H3/t33?,36-,37+,42?/m1/s1. The molecule has 2 atom stereocenters. The third kappa shape index (κ3) is 11.9. The van der Waals surface area contributed by atoms with E-state index in [1.165, 1.54) is 23.1 Å². The number of unbranched alkanes of at least 4 members (excludes halogenated alkanes) is 2. The van der Waals surface area contributed by atoms with E-state index in [0.29, 0.717) is 42.5 Å². The first-order valence-corrected chi connectivity index (χ1v) is 23.1. The molecule has 3 fully saturated rings. The Kier molecular flexibility index (Phi) is 14.5. The highest BCUT2D eigenvalue weighted by Gasteiger charge is 2.43. The molecule has 2 saturated heterocycles. The van der Waals surface area contributed by atoms with Gasteiger partial charge in [0.2, 0.25) is 5.91 Å². The number of Topliss-reactive ketones (excluding diaryl/α,β-unsaturated/α-hetero) is 1. The van der Waals surface area contributed by atoms with Gasteiger partial charge in [-0.3, -0.25) is 14.5 Å². The van der Waals surface area contributed by atoms with Gasteiger partial charge in [-0.05, 0) is 92.5 Å². The zero-order valence-electron chi connectivity index (χ0n) is 31.9. The van der Waals surface area contributed by atoms with Crippen molar-refractivity contribution in [2.24, 2.45) is 5.41 Å². The molecule has 1 saturated carbocycles. The fourth-order valence-corrected chi connectivity index (χ4v) is 10.1. The van der Waals surface area contributed by atoms with E-state index in [-0.39, 0.29) is 55.3 Å². The minimum atomic E-state index is -3.07. The molecule has 1 N–H and O–H groups in total. The largest absolute Gasteiger partial charge is 0.415 e. The molecule has 298 valence electrons. The zero-order chi connectivity index (χ0) is 38.8.